The third-order valence-corrected chi connectivity index (χ3v) is 3.83. The molecule has 82 valence electrons. The molecule has 1 saturated heterocycles. The lowest BCUT2D eigenvalue weighted by molar-refractivity contribution is 0.00538. The minimum atomic E-state index is -0.789. The van der Waals surface area contributed by atoms with Crippen LogP contribution in [0.1, 0.15) is 18.4 Å². The smallest absolute Gasteiger partial charge is 0.0946 e. The average Bonchev–Trinajstić information content (AvgIpc) is 2.18. The van der Waals surface area contributed by atoms with Gasteiger partial charge in [0.1, 0.15) is 0 Å². The highest BCUT2D eigenvalue weighted by Gasteiger charge is 2.34. The fourth-order valence-corrected chi connectivity index (χ4v) is 3.23. The Bertz CT molecular complexity index is 343. The molecule has 15 heavy (non-hydrogen) atoms. The Labute approximate surface area is 103 Å². The van der Waals surface area contributed by atoms with Crippen LogP contribution in [0.3, 0.4) is 0 Å². The van der Waals surface area contributed by atoms with E-state index in [1.165, 1.54) is 0 Å². The number of hydrogen-bond donors (Lipinski definition) is 2. The molecule has 1 aliphatic heterocycles. The average molecular weight is 291 g/mol. The van der Waals surface area contributed by atoms with Crippen molar-refractivity contribution in [2.75, 3.05) is 13.1 Å². The molecular formula is C11H13BrClNO. The predicted octanol–water partition coefficient (Wildman–Crippen LogP) is 2.67. The van der Waals surface area contributed by atoms with Gasteiger partial charge >= 0.3 is 0 Å². The van der Waals surface area contributed by atoms with Gasteiger partial charge in [-0.2, -0.15) is 0 Å². The van der Waals surface area contributed by atoms with E-state index in [-0.39, 0.29) is 0 Å². The molecule has 1 aromatic rings. The molecule has 1 aromatic carbocycles. The summed E-state index contributed by atoms with van der Waals surface area (Å²) in [5.41, 5.74) is 0.0377. The van der Waals surface area contributed by atoms with E-state index < -0.39 is 5.60 Å². The largest absolute Gasteiger partial charge is 0.385 e. The van der Waals surface area contributed by atoms with Crippen LogP contribution in [-0.4, -0.2) is 18.2 Å². The van der Waals surface area contributed by atoms with E-state index in [4.69, 9.17) is 11.6 Å². The molecule has 4 heteroatoms. The molecule has 0 atom stereocenters. The molecule has 0 aromatic heterocycles. The third-order valence-electron chi connectivity index (χ3n) is 2.86. The summed E-state index contributed by atoms with van der Waals surface area (Å²) in [6.45, 7) is 1.66. The van der Waals surface area contributed by atoms with Crippen LogP contribution in [0.15, 0.2) is 22.7 Å². The van der Waals surface area contributed by atoms with Crippen LogP contribution >= 0.6 is 27.5 Å². The standard InChI is InChI=1S/C11H13BrClNO/c12-8-2-1-3-9(13)10(8)11(15)4-6-14-7-5-11/h1-3,14-15H,4-7H2. The maximum atomic E-state index is 10.5. The minimum Gasteiger partial charge on any atom is -0.385 e. The van der Waals surface area contributed by atoms with E-state index in [9.17, 15) is 5.11 Å². The molecule has 2 rings (SSSR count). The van der Waals surface area contributed by atoms with E-state index in [2.05, 4.69) is 21.2 Å². The van der Waals surface area contributed by atoms with Crippen molar-refractivity contribution < 1.29 is 5.11 Å². The van der Waals surface area contributed by atoms with Gasteiger partial charge in [-0.05, 0) is 38.1 Å². The Morgan fingerprint density at radius 1 is 1.33 bits per heavy atom. The molecule has 2 N–H and O–H groups in total. The van der Waals surface area contributed by atoms with Crippen LogP contribution in [0, 0.1) is 0 Å². The monoisotopic (exact) mass is 289 g/mol. The summed E-state index contributed by atoms with van der Waals surface area (Å²) in [6, 6.07) is 5.61. The van der Waals surface area contributed by atoms with Crippen LogP contribution in [-0.2, 0) is 5.60 Å². The SMILES string of the molecule is OC1(c2c(Cl)cccc2Br)CCNCC1. The highest BCUT2D eigenvalue weighted by atomic mass is 79.9. The van der Waals surface area contributed by atoms with E-state index in [1.54, 1.807) is 0 Å². The fourth-order valence-electron chi connectivity index (χ4n) is 2.03. The summed E-state index contributed by atoms with van der Waals surface area (Å²) in [5.74, 6) is 0. The minimum absolute atomic E-state index is 0.633. The number of piperidine rings is 1. The molecule has 0 spiro atoms. The van der Waals surface area contributed by atoms with Gasteiger partial charge < -0.3 is 10.4 Å². The van der Waals surface area contributed by atoms with Crippen LogP contribution in [0.25, 0.3) is 0 Å². The van der Waals surface area contributed by atoms with Gasteiger partial charge in [-0.15, -0.1) is 0 Å². The van der Waals surface area contributed by atoms with Gasteiger partial charge in [-0.1, -0.05) is 33.6 Å². The normalized spacial score (nSPS) is 20.2. The maximum Gasteiger partial charge on any atom is 0.0946 e. The Balaban J connectivity index is 2.42. The summed E-state index contributed by atoms with van der Waals surface area (Å²) in [4.78, 5) is 0. The first kappa shape index (κ1) is 11.4. The number of hydrogen-bond acceptors (Lipinski definition) is 2. The first-order chi connectivity index (χ1) is 7.13. The predicted molar refractivity (Wildman–Crippen MR) is 65.2 cm³/mol. The summed E-state index contributed by atoms with van der Waals surface area (Å²) < 4.78 is 0.888. The summed E-state index contributed by atoms with van der Waals surface area (Å²) >= 11 is 9.60. The zero-order valence-corrected chi connectivity index (χ0v) is 10.6. The van der Waals surface area contributed by atoms with E-state index in [1.807, 2.05) is 18.2 Å². The lowest BCUT2D eigenvalue weighted by Crippen LogP contribution is -2.40. The van der Waals surface area contributed by atoms with E-state index in [0.717, 1.165) is 23.1 Å². The zero-order chi connectivity index (χ0) is 10.9. The fraction of sp³-hybridized carbons (Fsp3) is 0.455. The van der Waals surface area contributed by atoms with Gasteiger partial charge in [0, 0.05) is 15.1 Å². The van der Waals surface area contributed by atoms with Gasteiger partial charge in [0.25, 0.3) is 0 Å². The molecule has 1 fully saturated rings. The van der Waals surface area contributed by atoms with Crippen LogP contribution in [0.5, 0.6) is 0 Å². The van der Waals surface area contributed by atoms with E-state index >= 15 is 0 Å². The van der Waals surface area contributed by atoms with Crippen molar-refractivity contribution in [3.63, 3.8) is 0 Å². The molecule has 0 bridgehead atoms. The Hall–Kier alpha value is -0.0900. The van der Waals surface area contributed by atoms with Crippen molar-refractivity contribution in [1.82, 2.24) is 5.32 Å². The van der Waals surface area contributed by atoms with Crippen LogP contribution in [0.2, 0.25) is 5.02 Å². The quantitative estimate of drug-likeness (QED) is 0.833. The lowest BCUT2D eigenvalue weighted by Gasteiger charge is -2.34. The number of nitrogens with one attached hydrogen (secondary N) is 1. The number of rotatable bonds is 1. The second-order valence-corrected chi connectivity index (χ2v) is 5.14. The van der Waals surface area contributed by atoms with Gasteiger partial charge in [0.2, 0.25) is 0 Å². The number of benzene rings is 1. The maximum absolute atomic E-state index is 10.5. The molecular weight excluding hydrogens is 277 g/mol. The summed E-state index contributed by atoms with van der Waals surface area (Å²) in [5, 5.41) is 14.4. The van der Waals surface area contributed by atoms with Crippen molar-refractivity contribution in [3.05, 3.63) is 33.3 Å². The zero-order valence-electron chi connectivity index (χ0n) is 8.26. The molecule has 0 amide bonds. The molecule has 1 heterocycles. The third kappa shape index (κ3) is 2.21. The Morgan fingerprint density at radius 2 is 2.00 bits per heavy atom. The van der Waals surface area contributed by atoms with Crippen LogP contribution < -0.4 is 5.32 Å². The van der Waals surface area contributed by atoms with Gasteiger partial charge in [0.15, 0.2) is 0 Å². The second-order valence-electron chi connectivity index (χ2n) is 3.88. The first-order valence-corrected chi connectivity index (χ1v) is 6.18. The topological polar surface area (TPSA) is 32.3 Å². The first-order valence-electron chi connectivity index (χ1n) is 5.01. The number of aliphatic hydroxyl groups is 1. The van der Waals surface area contributed by atoms with Crippen molar-refractivity contribution in [1.29, 1.82) is 0 Å². The van der Waals surface area contributed by atoms with Gasteiger partial charge in [-0.3, -0.25) is 0 Å². The van der Waals surface area contributed by atoms with E-state index in [0.29, 0.717) is 17.9 Å². The molecule has 2 nitrogen and oxygen atoms in total. The molecule has 0 aliphatic carbocycles. The molecule has 0 saturated carbocycles. The van der Waals surface area contributed by atoms with Crippen LogP contribution in [0.4, 0.5) is 0 Å². The van der Waals surface area contributed by atoms with Crippen molar-refractivity contribution >= 4 is 27.5 Å². The second kappa shape index (κ2) is 4.42. The van der Waals surface area contributed by atoms with Crippen molar-refractivity contribution in [3.8, 4) is 0 Å². The Kier molecular flexibility index (Phi) is 3.36. The summed E-state index contributed by atoms with van der Waals surface area (Å²) in [7, 11) is 0. The van der Waals surface area contributed by atoms with Crippen molar-refractivity contribution in [2.45, 2.75) is 18.4 Å². The highest BCUT2D eigenvalue weighted by Crippen LogP contribution is 2.39. The van der Waals surface area contributed by atoms with Gasteiger partial charge in [0.05, 0.1) is 5.60 Å². The molecule has 0 unspecified atom stereocenters. The Morgan fingerprint density at radius 3 is 2.60 bits per heavy atom. The number of halogens is 2. The highest BCUT2D eigenvalue weighted by molar-refractivity contribution is 9.10. The molecule has 0 radical (unpaired) electrons. The van der Waals surface area contributed by atoms with Gasteiger partial charge in [-0.25, -0.2) is 0 Å². The lowest BCUT2D eigenvalue weighted by atomic mass is 9.85. The van der Waals surface area contributed by atoms with Crippen molar-refractivity contribution in [2.24, 2.45) is 0 Å². The molecule has 1 aliphatic rings. The summed E-state index contributed by atoms with van der Waals surface area (Å²) in [6.07, 6.45) is 1.41.